The highest BCUT2D eigenvalue weighted by molar-refractivity contribution is 9.11. The van der Waals surface area contributed by atoms with E-state index in [4.69, 9.17) is 11.7 Å². The number of nitrogens with zero attached hydrogens (tertiary/aromatic N) is 1. The number of rotatable bonds is 1. The largest absolute Gasteiger partial charge is 0.477 e. The number of carboxylic acid groups (broad SMARTS) is 1. The van der Waals surface area contributed by atoms with Gasteiger partial charge < -0.3 is 5.11 Å². The molecule has 1 heterocycles. The molecule has 62 valence electrons. The molecule has 0 aromatic carbocycles. The summed E-state index contributed by atoms with van der Waals surface area (Å²) in [5.74, 6) is -1.03. The van der Waals surface area contributed by atoms with Gasteiger partial charge in [-0.05, 0) is 0 Å². The lowest BCUT2D eigenvalue weighted by atomic mass is 10.4. The Morgan fingerprint density at radius 2 is 2.17 bits per heavy atom. The van der Waals surface area contributed by atoms with Gasteiger partial charge in [-0.1, -0.05) is 31.9 Å². The van der Waals surface area contributed by atoms with Gasteiger partial charge in [0, 0.05) is 0 Å². The third-order valence-corrected chi connectivity index (χ3v) is 3.94. The summed E-state index contributed by atoms with van der Waals surface area (Å²) in [7, 11) is 0. The number of hydrogen-bond acceptors (Lipinski definition) is 2. The lowest BCUT2D eigenvalue weighted by molar-refractivity contribution is 0.0701. The van der Waals surface area contributed by atoms with Crippen molar-refractivity contribution in [1.29, 1.82) is 0 Å². The Kier molecular flexibility index (Phi) is 2.88. The summed E-state index contributed by atoms with van der Waals surface area (Å²) >= 11 is 7.19. The topological polar surface area (TPSA) is 41.7 Å². The van der Waals surface area contributed by atoms with Crippen LogP contribution in [0.3, 0.4) is 0 Å². The van der Waals surface area contributed by atoms with E-state index in [0.29, 0.717) is 13.9 Å². The molecule has 0 amide bonds. The molecule has 0 atom stereocenters. The molecule has 0 unspecified atom stereocenters. The number of carbonyl (C=O) groups is 1. The van der Waals surface area contributed by atoms with Crippen LogP contribution in [-0.2, 0) is 0 Å². The smallest absolute Gasteiger partial charge is 0.345 e. The molecule has 0 bridgehead atoms. The molecular formula is C6HBr2NO2S. The SMILES string of the molecule is [C-]#[N+]c1c(Br)sc(C(=O)O)c1Br. The van der Waals surface area contributed by atoms with Gasteiger partial charge in [0.15, 0.2) is 0 Å². The summed E-state index contributed by atoms with van der Waals surface area (Å²) in [6.07, 6.45) is 0. The van der Waals surface area contributed by atoms with Crippen molar-refractivity contribution < 1.29 is 9.90 Å². The van der Waals surface area contributed by atoms with Gasteiger partial charge in [0.25, 0.3) is 0 Å². The highest BCUT2D eigenvalue weighted by atomic mass is 79.9. The fraction of sp³-hybridized carbons (Fsp3) is 0. The second-order valence-corrected chi connectivity index (χ2v) is 4.92. The van der Waals surface area contributed by atoms with Crippen LogP contribution in [0.25, 0.3) is 4.85 Å². The summed E-state index contributed by atoms with van der Waals surface area (Å²) in [5, 5.41) is 8.66. The molecule has 0 spiro atoms. The average Bonchev–Trinajstić information content (AvgIpc) is 2.27. The van der Waals surface area contributed by atoms with Crippen LogP contribution in [-0.4, -0.2) is 11.1 Å². The summed E-state index contributed by atoms with van der Waals surface area (Å²) < 4.78 is 0.892. The van der Waals surface area contributed by atoms with Crippen molar-refractivity contribution in [2.45, 2.75) is 0 Å². The predicted molar refractivity (Wildman–Crippen MR) is 52.9 cm³/mol. The fourth-order valence-corrected chi connectivity index (χ4v) is 3.17. The Labute approximate surface area is 89.1 Å². The molecule has 0 aliphatic carbocycles. The van der Waals surface area contributed by atoms with E-state index in [1.165, 1.54) is 0 Å². The molecule has 1 aromatic rings. The van der Waals surface area contributed by atoms with Crippen LogP contribution in [0.5, 0.6) is 0 Å². The molecule has 0 fully saturated rings. The Morgan fingerprint density at radius 1 is 1.58 bits per heavy atom. The van der Waals surface area contributed by atoms with Crippen molar-refractivity contribution in [3.63, 3.8) is 0 Å². The van der Waals surface area contributed by atoms with Crippen molar-refractivity contribution in [1.82, 2.24) is 0 Å². The molecule has 1 rings (SSSR count). The minimum Gasteiger partial charge on any atom is -0.477 e. The predicted octanol–water partition coefficient (Wildman–Crippen LogP) is 3.52. The normalized spacial score (nSPS) is 9.42. The van der Waals surface area contributed by atoms with Crippen molar-refractivity contribution in [2.24, 2.45) is 0 Å². The van der Waals surface area contributed by atoms with E-state index in [1.807, 2.05) is 0 Å². The zero-order valence-corrected chi connectivity index (χ0v) is 9.46. The summed E-state index contributed by atoms with van der Waals surface area (Å²) in [6, 6.07) is 0. The van der Waals surface area contributed by atoms with Gasteiger partial charge in [-0.15, -0.1) is 11.3 Å². The first-order chi connectivity index (χ1) is 5.57. The maximum Gasteiger partial charge on any atom is 0.345 e. The van der Waals surface area contributed by atoms with Gasteiger partial charge in [0.05, 0.1) is 14.8 Å². The Balaban J connectivity index is 3.39. The minimum atomic E-state index is -1.03. The third kappa shape index (κ3) is 1.53. The highest BCUT2D eigenvalue weighted by Gasteiger charge is 2.19. The second kappa shape index (κ2) is 3.56. The molecule has 0 saturated carbocycles. The first kappa shape index (κ1) is 9.71. The summed E-state index contributed by atoms with van der Waals surface area (Å²) in [5.41, 5.74) is 0.317. The monoisotopic (exact) mass is 309 g/mol. The maximum atomic E-state index is 10.6. The zero-order valence-electron chi connectivity index (χ0n) is 5.47. The molecule has 3 nitrogen and oxygen atoms in total. The van der Waals surface area contributed by atoms with Gasteiger partial charge in [0.2, 0.25) is 5.69 Å². The Morgan fingerprint density at radius 3 is 2.42 bits per heavy atom. The van der Waals surface area contributed by atoms with E-state index >= 15 is 0 Å². The number of thiophene rings is 1. The Hall–Kier alpha value is -0.380. The average molecular weight is 311 g/mol. The molecule has 12 heavy (non-hydrogen) atoms. The minimum absolute atomic E-state index is 0.146. The van der Waals surface area contributed by atoms with Crippen LogP contribution in [0.1, 0.15) is 9.67 Å². The highest BCUT2D eigenvalue weighted by Crippen LogP contribution is 2.43. The molecular weight excluding hydrogens is 310 g/mol. The van der Waals surface area contributed by atoms with Crippen LogP contribution >= 0.6 is 43.2 Å². The van der Waals surface area contributed by atoms with Crippen LogP contribution in [0.15, 0.2) is 8.26 Å². The number of hydrogen-bond donors (Lipinski definition) is 1. The van der Waals surface area contributed by atoms with Gasteiger partial charge in [-0.3, -0.25) is 0 Å². The van der Waals surface area contributed by atoms with Crippen molar-refractivity contribution >= 4 is 54.9 Å². The lowest BCUT2D eigenvalue weighted by Crippen LogP contribution is -1.91. The van der Waals surface area contributed by atoms with Crippen LogP contribution in [0.2, 0.25) is 0 Å². The van der Waals surface area contributed by atoms with Gasteiger partial charge in [-0.25, -0.2) is 9.64 Å². The molecule has 1 N–H and O–H groups in total. The number of halogens is 2. The van der Waals surface area contributed by atoms with Crippen LogP contribution < -0.4 is 0 Å². The quantitative estimate of drug-likeness (QED) is 0.806. The van der Waals surface area contributed by atoms with Gasteiger partial charge >= 0.3 is 5.97 Å². The molecule has 0 saturated heterocycles. The summed E-state index contributed by atoms with van der Waals surface area (Å²) in [6.45, 7) is 6.76. The fourth-order valence-electron chi connectivity index (χ4n) is 0.607. The third-order valence-electron chi connectivity index (χ3n) is 1.09. The van der Waals surface area contributed by atoms with E-state index < -0.39 is 5.97 Å². The van der Waals surface area contributed by atoms with E-state index in [0.717, 1.165) is 11.3 Å². The first-order valence-corrected chi connectivity index (χ1v) is 5.06. The lowest BCUT2D eigenvalue weighted by Gasteiger charge is -1.87. The van der Waals surface area contributed by atoms with Crippen molar-refractivity contribution in [2.75, 3.05) is 0 Å². The van der Waals surface area contributed by atoms with E-state index in [1.54, 1.807) is 0 Å². The Bertz CT molecular complexity index is 380. The van der Waals surface area contributed by atoms with E-state index in [2.05, 4.69) is 36.7 Å². The van der Waals surface area contributed by atoms with Crippen LogP contribution in [0, 0.1) is 6.57 Å². The second-order valence-electron chi connectivity index (χ2n) is 1.78. The molecule has 0 radical (unpaired) electrons. The van der Waals surface area contributed by atoms with Crippen LogP contribution in [0.4, 0.5) is 5.69 Å². The molecule has 1 aromatic heterocycles. The van der Waals surface area contributed by atoms with Crippen molar-refractivity contribution in [3.8, 4) is 0 Å². The standard InChI is InChI=1S/C6HBr2NO2S/c1-9-3-2(7)4(6(10)11)12-5(3)8/h(H,10,11). The van der Waals surface area contributed by atoms with Crippen molar-refractivity contribution in [3.05, 3.63) is 24.6 Å². The maximum absolute atomic E-state index is 10.6. The van der Waals surface area contributed by atoms with Gasteiger partial charge in [-0.2, -0.15) is 0 Å². The van der Waals surface area contributed by atoms with E-state index in [-0.39, 0.29) is 4.88 Å². The molecule has 0 aliphatic heterocycles. The molecule has 6 heteroatoms. The van der Waals surface area contributed by atoms with E-state index in [9.17, 15) is 4.79 Å². The summed E-state index contributed by atoms with van der Waals surface area (Å²) in [4.78, 5) is 13.9. The van der Waals surface area contributed by atoms with Gasteiger partial charge in [0.1, 0.15) is 4.88 Å². The number of carboxylic acids is 1. The number of aromatic carboxylic acids is 1. The first-order valence-electron chi connectivity index (χ1n) is 2.66. The zero-order chi connectivity index (χ0) is 9.30. The molecule has 0 aliphatic rings.